The average molecular weight is 398 g/mol. The maximum absolute atomic E-state index is 12.8. The first kappa shape index (κ1) is 24.1. The Morgan fingerprint density at radius 3 is 2.54 bits per heavy atom. The van der Waals surface area contributed by atoms with Crippen molar-refractivity contribution in [2.45, 2.75) is 47.1 Å². The molecule has 0 saturated heterocycles. The molecule has 1 rings (SSSR count). The molecule has 1 atom stereocenters. The van der Waals surface area contributed by atoms with E-state index in [4.69, 9.17) is 13.9 Å². The number of carbonyl (C=O) groups is 2. The summed E-state index contributed by atoms with van der Waals surface area (Å²) in [6.07, 6.45) is 2.71. The predicted molar refractivity (Wildman–Crippen MR) is 106 cm³/mol. The van der Waals surface area contributed by atoms with Crippen molar-refractivity contribution in [1.82, 2.24) is 15.2 Å². The lowest BCUT2D eigenvalue weighted by atomic mass is 9.84. The van der Waals surface area contributed by atoms with Crippen molar-refractivity contribution in [3.63, 3.8) is 0 Å². The lowest BCUT2D eigenvalue weighted by Crippen LogP contribution is -2.35. The van der Waals surface area contributed by atoms with Crippen molar-refractivity contribution >= 4 is 11.8 Å². The first-order valence-electron chi connectivity index (χ1n) is 9.64. The summed E-state index contributed by atoms with van der Waals surface area (Å²) in [5.41, 5.74) is 0.358. The molecule has 0 bridgehead atoms. The first-order chi connectivity index (χ1) is 13.2. The largest absolute Gasteiger partial charge is 0.446 e. The van der Waals surface area contributed by atoms with Crippen molar-refractivity contribution in [1.29, 1.82) is 0 Å². The molecule has 2 amide bonds. The summed E-state index contributed by atoms with van der Waals surface area (Å²) in [6, 6.07) is 0. The number of amides is 2. The number of nitrogens with one attached hydrogen (secondary N) is 1. The van der Waals surface area contributed by atoms with Crippen LogP contribution in [-0.4, -0.2) is 62.2 Å². The third-order valence-corrected chi connectivity index (χ3v) is 4.10. The SMILES string of the molecule is COCCNC(=O)c1coc(CN(CCOC)C(=O)CC(C)CC(C)(C)C)n1. The minimum absolute atomic E-state index is 0.0260. The number of carbonyl (C=O) groups excluding carboxylic acids is 2. The van der Waals surface area contributed by atoms with Gasteiger partial charge in [-0.3, -0.25) is 9.59 Å². The number of rotatable bonds is 12. The van der Waals surface area contributed by atoms with Gasteiger partial charge in [-0.25, -0.2) is 4.98 Å². The number of methoxy groups -OCH3 is 2. The second-order valence-electron chi connectivity index (χ2n) is 8.26. The van der Waals surface area contributed by atoms with Crippen LogP contribution in [0.3, 0.4) is 0 Å². The monoisotopic (exact) mass is 397 g/mol. The zero-order chi connectivity index (χ0) is 21.2. The molecule has 1 unspecified atom stereocenters. The molecule has 0 saturated carbocycles. The lowest BCUT2D eigenvalue weighted by Gasteiger charge is -2.26. The van der Waals surface area contributed by atoms with Crippen LogP contribution in [0.5, 0.6) is 0 Å². The minimum atomic E-state index is -0.333. The molecule has 0 aliphatic heterocycles. The highest BCUT2D eigenvalue weighted by molar-refractivity contribution is 5.91. The zero-order valence-corrected chi connectivity index (χ0v) is 18.0. The van der Waals surface area contributed by atoms with E-state index in [1.165, 1.54) is 6.26 Å². The molecule has 0 aromatic carbocycles. The summed E-state index contributed by atoms with van der Waals surface area (Å²) in [5, 5.41) is 2.68. The van der Waals surface area contributed by atoms with Crippen LogP contribution < -0.4 is 5.32 Å². The fourth-order valence-corrected chi connectivity index (χ4v) is 3.05. The van der Waals surface area contributed by atoms with Gasteiger partial charge < -0.3 is 24.1 Å². The fraction of sp³-hybridized carbons (Fsp3) is 0.750. The highest BCUT2D eigenvalue weighted by Gasteiger charge is 2.23. The smallest absolute Gasteiger partial charge is 0.273 e. The van der Waals surface area contributed by atoms with Crippen molar-refractivity contribution in [2.75, 3.05) is 40.5 Å². The molecule has 0 radical (unpaired) electrons. The van der Waals surface area contributed by atoms with Gasteiger partial charge in [-0.15, -0.1) is 0 Å². The summed E-state index contributed by atoms with van der Waals surface area (Å²) < 4.78 is 15.4. The minimum Gasteiger partial charge on any atom is -0.446 e. The van der Waals surface area contributed by atoms with Crippen LogP contribution in [0, 0.1) is 11.3 Å². The van der Waals surface area contributed by atoms with Crippen LogP contribution in [0.15, 0.2) is 10.7 Å². The van der Waals surface area contributed by atoms with E-state index in [2.05, 4.69) is 38.0 Å². The molecule has 1 aromatic rings. The number of aromatic nitrogens is 1. The van der Waals surface area contributed by atoms with Crippen molar-refractivity contribution in [2.24, 2.45) is 11.3 Å². The van der Waals surface area contributed by atoms with Gasteiger partial charge in [0.2, 0.25) is 11.8 Å². The highest BCUT2D eigenvalue weighted by Crippen LogP contribution is 2.26. The summed E-state index contributed by atoms with van der Waals surface area (Å²) in [7, 11) is 3.16. The average Bonchev–Trinajstić information content (AvgIpc) is 3.05. The Kier molecular flexibility index (Phi) is 10.2. The second kappa shape index (κ2) is 11.8. The highest BCUT2D eigenvalue weighted by atomic mass is 16.5. The van der Waals surface area contributed by atoms with E-state index in [9.17, 15) is 9.59 Å². The first-order valence-corrected chi connectivity index (χ1v) is 9.64. The number of hydrogen-bond donors (Lipinski definition) is 1. The normalized spacial score (nSPS) is 12.6. The van der Waals surface area contributed by atoms with E-state index >= 15 is 0 Å². The molecule has 8 heteroatoms. The molecule has 28 heavy (non-hydrogen) atoms. The zero-order valence-electron chi connectivity index (χ0n) is 18.0. The van der Waals surface area contributed by atoms with Crippen molar-refractivity contribution < 1.29 is 23.5 Å². The topological polar surface area (TPSA) is 93.9 Å². The summed E-state index contributed by atoms with van der Waals surface area (Å²) in [4.78, 5) is 30.7. The van der Waals surface area contributed by atoms with E-state index < -0.39 is 0 Å². The van der Waals surface area contributed by atoms with Gasteiger partial charge in [-0.1, -0.05) is 27.7 Å². The Balaban J connectivity index is 2.70. The van der Waals surface area contributed by atoms with Crippen LogP contribution in [-0.2, 0) is 20.8 Å². The molecule has 1 heterocycles. The van der Waals surface area contributed by atoms with Gasteiger partial charge in [0.05, 0.1) is 19.8 Å². The van der Waals surface area contributed by atoms with E-state index in [1.54, 1.807) is 19.1 Å². The maximum atomic E-state index is 12.8. The number of nitrogens with zero attached hydrogens (tertiary/aromatic N) is 2. The predicted octanol–water partition coefficient (Wildman–Crippen LogP) is 2.49. The van der Waals surface area contributed by atoms with Gasteiger partial charge in [0.1, 0.15) is 6.26 Å². The van der Waals surface area contributed by atoms with Crippen LogP contribution >= 0.6 is 0 Å². The van der Waals surface area contributed by atoms with Crippen molar-refractivity contribution in [3.8, 4) is 0 Å². The summed E-state index contributed by atoms with van der Waals surface area (Å²) >= 11 is 0. The third-order valence-electron chi connectivity index (χ3n) is 4.10. The third kappa shape index (κ3) is 9.32. The lowest BCUT2D eigenvalue weighted by molar-refractivity contribution is -0.133. The maximum Gasteiger partial charge on any atom is 0.273 e. The quantitative estimate of drug-likeness (QED) is 0.545. The molecule has 0 fully saturated rings. The Morgan fingerprint density at radius 2 is 1.93 bits per heavy atom. The molecular formula is C20H35N3O5. The van der Waals surface area contributed by atoms with Crippen LogP contribution in [0.4, 0.5) is 0 Å². The van der Waals surface area contributed by atoms with Gasteiger partial charge in [-0.2, -0.15) is 0 Å². The molecule has 0 spiro atoms. The number of ether oxygens (including phenoxy) is 2. The molecule has 0 aliphatic carbocycles. The Bertz CT molecular complexity index is 609. The van der Waals surface area contributed by atoms with Crippen LogP contribution in [0.1, 0.15) is 56.9 Å². The second-order valence-corrected chi connectivity index (χ2v) is 8.26. The summed E-state index contributed by atoms with van der Waals surface area (Å²) in [5.74, 6) is 0.285. The molecule has 1 N–H and O–H groups in total. The Hall–Kier alpha value is -1.93. The van der Waals surface area contributed by atoms with Gasteiger partial charge in [0, 0.05) is 33.7 Å². The fourth-order valence-electron chi connectivity index (χ4n) is 3.05. The van der Waals surface area contributed by atoms with Gasteiger partial charge >= 0.3 is 0 Å². The van der Waals surface area contributed by atoms with Gasteiger partial charge in [0.25, 0.3) is 5.91 Å². The van der Waals surface area contributed by atoms with E-state index in [1.807, 2.05) is 0 Å². The number of hydrogen-bond acceptors (Lipinski definition) is 6. The summed E-state index contributed by atoms with van der Waals surface area (Å²) in [6.45, 7) is 10.5. The van der Waals surface area contributed by atoms with Gasteiger partial charge in [0.15, 0.2) is 5.69 Å². The van der Waals surface area contributed by atoms with E-state index in [0.717, 1.165) is 6.42 Å². The molecule has 0 aliphatic rings. The molecule has 1 aromatic heterocycles. The van der Waals surface area contributed by atoms with E-state index in [-0.39, 0.29) is 35.4 Å². The molecule has 160 valence electrons. The number of oxazole rings is 1. The molecular weight excluding hydrogens is 362 g/mol. The van der Waals surface area contributed by atoms with Crippen LogP contribution in [0.2, 0.25) is 0 Å². The molecule has 8 nitrogen and oxygen atoms in total. The Labute approximate surface area is 168 Å². The van der Waals surface area contributed by atoms with Crippen molar-refractivity contribution in [3.05, 3.63) is 17.8 Å². The standard InChI is InChI=1S/C20H35N3O5/c1-15(12-20(2,3)4)11-18(24)23(8-10-27-6)13-17-22-16(14-28-17)19(25)21-7-9-26-5/h14-15H,7-13H2,1-6H3,(H,21,25). The van der Waals surface area contributed by atoms with E-state index in [0.29, 0.717) is 38.6 Å². The Morgan fingerprint density at radius 1 is 1.25 bits per heavy atom. The van der Waals surface area contributed by atoms with Crippen LogP contribution in [0.25, 0.3) is 0 Å². The van der Waals surface area contributed by atoms with Gasteiger partial charge in [-0.05, 0) is 17.8 Å².